The second-order valence-corrected chi connectivity index (χ2v) is 3.68. The van der Waals surface area contributed by atoms with Gasteiger partial charge >= 0.3 is 0 Å². The highest BCUT2D eigenvalue weighted by molar-refractivity contribution is 6.29. The van der Waals surface area contributed by atoms with Crippen LogP contribution in [-0.4, -0.2) is 36.7 Å². The lowest BCUT2D eigenvalue weighted by Crippen LogP contribution is -2.05. The number of aliphatic hydroxyl groups is 1. The van der Waals surface area contributed by atoms with E-state index in [2.05, 4.69) is 25.6 Å². The van der Waals surface area contributed by atoms with Crippen molar-refractivity contribution in [3.05, 3.63) is 23.1 Å². The first-order valence-electron chi connectivity index (χ1n) is 4.97. The molecule has 0 aliphatic heterocycles. The van der Waals surface area contributed by atoms with Gasteiger partial charge in [-0.2, -0.15) is 5.10 Å². The molecule has 2 aromatic rings. The van der Waals surface area contributed by atoms with Crippen LogP contribution in [0.4, 0.5) is 11.8 Å². The van der Waals surface area contributed by atoms with Gasteiger partial charge in [-0.05, 0) is 6.92 Å². The number of aryl methyl sites for hydroxylation is 1. The lowest BCUT2D eigenvalue weighted by Gasteiger charge is -2.01. The molecule has 0 saturated carbocycles. The molecule has 0 bridgehead atoms. The molecule has 17 heavy (non-hydrogen) atoms. The smallest absolute Gasteiger partial charge is 0.248 e. The van der Waals surface area contributed by atoms with E-state index in [0.29, 0.717) is 24.0 Å². The standard InChI is InChI=1S/C9H11ClN6O/c1-6-8(10)13-14-9(11-6)12-7-2-3-16(15-7)4-5-17/h2-3,17H,4-5H2,1H3,(H,11,12,14,15). The molecule has 0 fully saturated rings. The molecule has 90 valence electrons. The summed E-state index contributed by atoms with van der Waals surface area (Å²) in [6, 6.07) is 1.75. The average molecular weight is 255 g/mol. The summed E-state index contributed by atoms with van der Waals surface area (Å²) in [5.74, 6) is 0.920. The molecule has 2 aromatic heterocycles. The van der Waals surface area contributed by atoms with Crippen LogP contribution in [-0.2, 0) is 6.54 Å². The second-order valence-electron chi connectivity index (χ2n) is 3.32. The maximum absolute atomic E-state index is 8.76. The maximum atomic E-state index is 8.76. The van der Waals surface area contributed by atoms with Crippen molar-refractivity contribution in [1.29, 1.82) is 0 Å². The number of hydrogen-bond donors (Lipinski definition) is 2. The number of hydrogen-bond acceptors (Lipinski definition) is 6. The topological polar surface area (TPSA) is 88.8 Å². The minimum absolute atomic E-state index is 0.0409. The van der Waals surface area contributed by atoms with E-state index in [1.165, 1.54) is 0 Å². The predicted molar refractivity (Wildman–Crippen MR) is 62.2 cm³/mol. The van der Waals surface area contributed by atoms with E-state index in [-0.39, 0.29) is 11.8 Å². The molecule has 0 radical (unpaired) electrons. The monoisotopic (exact) mass is 254 g/mol. The zero-order valence-corrected chi connectivity index (χ0v) is 9.89. The van der Waals surface area contributed by atoms with Crippen LogP contribution in [0.3, 0.4) is 0 Å². The fourth-order valence-corrected chi connectivity index (χ4v) is 1.29. The molecule has 2 N–H and O–H groups in total. The van der Waals surface area contributed by atoms with Crippen LogP contribution in [0.15, 0.2) is 12.3 Å². The molecule has 0 atom stereocenters. The molecule has 0 unspecified atom stereocenters. The molecule has 0 amide bonds. The summed E-state index contributed by atoms with van der Waals surface area (Å²) in [7, 11) is 0. The molecule has 0 aromatic carbocycles. The molecule has 0 saturated heterocycles. The molecule has 8 heteroatoms. The minimum atomic E-state index is 0.0409. The first kappa shape index (κ1) is 11.7. The summed E-state index contributed by atoms with van der Waals surface area (Å²) in [6.45, 7) is 2.23. The quantitative estimate of drug-likeness (QED) is 0.838. The third-order valence-corrected chi connectivity index (χ3v) is 2.36. The summed E-state index contributed by atoms with van der Waals surface area (Å²) in [4.78, 5) is 4.11. The lowest BCUT2D eigenvalue weighted by molar-refractivity contribution is 0.269. The Morgan fingerprint density at radius 1 is 1.47 bits per heavy atom. The molecular weight excluding hydrogens is 244 g/mol. The fourth-order valence-electron chi connectivity index (χ4n) is 1.21. The van der Waals surface area contributed by atoms with Gasteiger partial charge in [0.2, 0.25) is 5.95 Å². The number of rotatable bonds is 4. The van der Waals surface area contributed by atoms with E-state index in [0.717, 1.165) is 0 Å². The third-order valence-electron chi connectivity index (χ3n) is 2.01. The van der Waals surface area contributed by atoms with Gasteiger partial charge in [0.25, 0.3) is 0 Å². The number of nitrogens with zero attached hydrogens (tertiary/aromatic N) is 5. The van der Waals surface area contributed by atoms with E-state index in [4.69, 9.17) is 16.7 Å². The Morgan fingerprint density at radius 3 is 3.00 bits per heavy atom. The van der Waals surface area contributed by atoms with Gasteiger partial charge in [-0.1, -0.05) is 11.6 Å². The van der Waals surface area contributed by atoms with Crippen molar-refractivity contribution in [1.82, 2.24) is 25.0 Å². The molecule has 0 aliphatic carbocycles. The number of aromatic nitrogens is 5. The lowest BCUT2D eigenvalue weighted by atomic mass is 10.5. The van der Waals surface area contributed by atoms with Crippen molar-refractivity contribution in [3.8, 4) is 0 Å². The highest BCUT2D eigenvalue weighted by Gasteiger charge is 2.05. The summed E-state index contributed by atoms with van der Waals surface area (Å²) < 4.78 is 1.61. The van der Waals surface area contributed by atoms with Gasteiger partial charge in [-0.25, -0.2) is 4.98 Å². The van der Waals surface area contributed by atoms with Crippen LogP contribution >= 0.6 is 11.6 Å². The Balaban J connectivity index is 2.11. The van der Waals surface area contributed by atoms with Crippen molar-refractivity contribution in [2.24, 2.45) is 0 Å². The van der Waals surface area contributed by atoms with Gasteiger partial charge in [0.15, 0.2) is 11.0 Å². The van der Waals surface area contributed by atoms with E-state index >= 15 is 0 Å². The van der Waals surface area contributed by atoms with Gasteiger partial charge in [0.1, 0.15) is 0 Å². The van der Waals surface area contributed by atoms with Gasteiger partial charge in [0.05, 0.1) is 18.8 Å². The Morgan fingerprint density at radius 2 is 2.29 bits per heavy atom. The summed E-state index contributed by atoms with van der Waals surface area (Å²) in [6.07, 6.45) is 1.74. The van der Waals surface area contributed by atoms with Gasteiger partial charge in [-0.15, -0.1) is 10.2 Å². The summed E-state index contributed by atoms with van der Waals surface area (Å²) >= 11 is 5.72. The van der Waals surface area contributed by atoms with E-state index in [1.54, 1.807) is 23.9 Å². The zero-order chi connectivity index (χ0) is 12.3. The molecule has 7 nitrogen and oxygen atoms in total. The predicted octanol–water partition coefficient (Wildman–Crippen LogP) is 0.766. The Hall–Kier alpha value is -1.73. The van der Waals surface area contributed by atoms with Crippen molar-refractivity contribution in [2.45, 2.75) is 13.5 Å². The first-order chi connectivity index (χ1) is 8.19. The van der Waals surface area contributed by atoms with Gasteiger partial charge in [0, 0.05) is 12.3 Å². The molecule has 0 aliphatic rings. The van der Waals surface area contributed by atoms with Gasteiger partial charge < -0.3 is 10.4 Å². The Labute approximate surface area is 102 Å². The number of aliphatic hydroxyl groups excluding tert-OH is 1. The van der Waals surface area contributed by atoms with Crippen LogP contribution in [0.1, 0.15) is 5.69 Å². The van der Waals surface area contributed by atoms with Crippen LogP contribution in [0.2, 0.25) is 5.15 Å². The maximum Gasteiger partial charge on any atom is 0.248 e. The average Bonchev–Trinajstić information content (AvgIpc) is 2.72. The zero-order valence-electron chi connectivity index (χ0n) is 9.13. The number of halogens is 1. The van der Waals surface area contributed by atoms with Crippen molar-refractivity contribution >= 4 is 23.4 Å². The number of anilines is 2. The van der Waals surface area contributed by atoms with Crippen LogP contribution < -0.4 is 5.32 Å². The SMILES string of the molecule is Cc1nc(Nc2ccn(CCO)n2)nnc1Cl. The molecule has 0 spiro atoms. The highest BCUT2D eigenvalue weighted by atomic mass is 35.5. The Kier molecular flexibility index (Phi) is 3.50. The first-order valence-corrected chi connectivity index (χ1v) is 5.35. The van der Waals surface area contributed by atoms with E-state index in [9.17, 15) is 0 Å². The van der Waals surface area contributed by atoms with Crippen LogP contribution in [0.25, 0.3) is 0 Å². The highest BCUT2D eigenvalue weighted by Crippen LogP contribution is 2.12. The van der Waals surface area contributed by atoms with Gasteiger partial charge in [-0.3, -0.25) is 4.68 Å². The van der Waals surface area contributed by atoms with E-state index < -0.39 is 0 Å². The molecule has 2 heterocycles. The van der Waals surface area contributed by atoms with E-state index in [1.807, 2.05) is 0 Å². The minimum Gasteiger partial charge on any atom is -0.394 e. The van der Waals surface area contributed by atoms with Crippen molar-refractivity contribution in [2.75, 3.05) is 11.9 Å². The van der Waals surface area contributed by atoms with Crippen molar-refractivity contribution in [3.63, 3.8) is 0 Å². The third kappa shape index (κ3) is 2.89. The fraction of sp³-hybridized carbons (Fsp3) is 0.333. The van der Waals surface area contributed by atoms with Crippen LogP contribution in [0, 0.1) is 6.92 Å². The largest absolute Gasteiger partial charge is 0.394 e. The molecule has 2 rings (SSSR count). The molecular formula is C9H11ClN6O. The van der Waals surface area contributed by atoms with Crippen LogP contribution in [0.5, 0.6) is 0 Å². The number of nitrogens with one attached hydrogen (secondary N) is 1. The normalized spacial score (nSPS) is 10.5. The Bertz CT molecular complexity index is 514. The second kappa shape index (κ2) is 5.07. The summed E-state index contributed by atoms with van der Waals surface area (Å²) in [5, 5.41) is 23.6. The van der Waals surface area contributed by atoms with Crippen molar-refractivity contribution < 1.29 is 5.11 Å². The summed E-state index contributed by atoms with van der Waals surface area (Å²) in [5.41, 5.74) is 0.596.